The number of nitrogens with one attached hydrogen (secondary N) is 1. The number of benzene rings is 1. The number of aliphatic hydroxyl groups excluding tert-OH is 1. The van der Waals surface area contributed by atoms with Crippen molar-refractivity contribution < 1.29 is 14.7 Å². The Morgan fingerprint density at radius 3 is 2.79 bits per heavy atom. The highest BCUT2D eigenvalue weighted by Gasteiger charge is 2.38. The third-order valence-corrected chi connectivity index (χ3v) is 5.74. The number of hydrogen-bond donors (Lipinski definition) is 2. The molecule has 2 amide bonds. The molecule has 1 fully saturated rings. The molecule has 1 atom stereocenters. The molecule has 1 aliphatic carbocycles. The first kappa shape index (κ1) is 19.2. The normalized spacial score (nSPS) is 17.4. The number of aliphatic hydroxyl groups is 1. The largest absolute Gasteiger partial charge is 0.511 e. The van der Waals surface area contributed by atoms with E-state index in [9.17, 15) is 14.7 Å². The number of amides is 2. The van der Waals surface area contributed by atoms with Gasteiger partial charge in [-0.25, -0.2) is 0 Å². The average molecular weight is 394 g/mol. The zero-order chi connectivity index (χ0) is 20.4. The molecule has 29 heavy (non-hydrogen) atoms. The Balaban J connectivity index is 1.57. The van der Waals surface area contributed by atoms with Crippen LogP contribution in [0.3, 0.4) is 0 Å². The van der Waals surface area contributed by atoms with Crippen molar-refractivity contribution in [1.29, 1.82) is 0 Å². The lowest BCUT2D eigenvalue weighted by molar-refractivity contribution is -0.123. The van der Waals surface area contributed by atoms with Crippen LogP contribution in [-0.2, 0) is 22.6 Å². The first-order valence-corrected chi connectivity index (χ1v) is 10.1. The monoisotopic (exact) mass is 394 g/mol. The van der Waals surface area contributed by atoms with Crippen LogP contribution in [0.5, 0.6) is 0 Å². The number of anilines is 2. The van der Waals surface area contributed by atoms with Crippen LogP contribution >= 0.6 is 0 Å². The molecule has 0 bridgehead atoms. The highest BCUT2D eigenvalue weighted by molar-refractivity contribution is 6.08. The Kier molecular flexibility index (Phi) is 5.38. The molecule has 1 unspecified atom stereocenters. The van der Waals surface area contributed by atoms with E-state index in [2.05, 4.69) is 17.0 Å². The molecular weight excluding hydrogens is 368 g/mol. The van der Waals surface area contributed by atoms with Gasteiger partial charge in [0.05, 0.1) is 13.0 Å². The highest BCUT2D eigenvalue weighted by Crippen LogP contribution is 2.35. The summed E-state index contributed by atoms with van der Waals surface area (Å²) in [4.78, 5) is 27.7. The first-order valence-electron chi connectivity index (χ1n) is 10.1. The second-order valence-electron chi connectivity index (χ2n) is 7.93. The number of carbonyl (C=O) groups excluding carboxylic acids is 2. The molecule has 1 aromatic heterocycles. The van der Waals surface area contributed by atoms with Crippen molar-refractivity contribution in [3.63, 3.8) is 0 Å². The number of fused-ring (bicyclic) bond motifs is 1. The highest BCUT2D eigenvalue weighted by atomic mass is 16.3. The quantitative estimate of drug-likeness (QED) is 0.705. The third kappa shape index (κ3) is 4.18. The predicted octanol–water partition coefficient (Wildman–Crippen LogP) is 3.43. The number of rotatable bonds is 7. The first-order chi connectivity index (χ1) is 14.0. The van der Waals surface area contributed by atoms with E-state index in [0.29, 0.717) is 24.6 Å². The lowest BCUT2D eigenvalue weighted by Gasteiger charge is -2.29. The Morgan fingerprint density at radius 2 is 2.03 bits per heavy atom. The molecule has 7 heteroatoms. The molecule has 4 rings (SSSR count). The summed E-state index contributed by atoms with van der Waals surface area (Å²) in [7, 11) is 0. The molecule has 0 spiro atoms. The van der Waals surface area contributed by atoms with Gasteiger partial charge in [-0.1, -0.05) is 50.5 Å². The maximum absolute atomic E-state index is 13.3. The van der Waals surface area contributed by atoms with Gasteiger partial charge in [-0.3, -0.25) is 19.2 Å². The summed E-state index contributed by atoms with van der Waals surface area (Å²) in [5, 5.41) is 16.4. The summed E-state index contributed by atoms with van der Waals surface area (Å²) in [6.45, 7) is 3.62. The molecular formula is C22H26N4O3. The number of para-hydroxylation sites is 1. The number of aromatic nitrogens is 2. The molecule has 2 aromatic rings. The summed E-state index contributed by atoms with van der Waals surface area (Å²) >= 11 is 0. The van der Waals surface area contributed by atoms with Gasteiger partial charge in [-0.05, 0) is 24.0 Å². The average Bonchev–Trinajstić information content (AvgIpc) is 3.39. The van der Waals surface area contributed by atoms with Gasteiger partial charge in [0.15, 0.2) is 5.82 Å². The van der Waals surface area contributed by atoms with E-state index in [1.807, 2.05) is 24.3 Å². The Morgan fingerprint density at radius 1 is 1.28 bits per heavy atom. The number of nitrogens with zero attached hydrogens (tertiary/aromatic N) is 3. The second kappa shape index (κ2) is 8.11. The van der Waals surface area contributed by atoms with Crippen molar-refractivity contribution in [2.75, 3.05) is 10.2 Å². The standard InChI is InChI=1S/C22H26N4O3/c1-15(27)14-25-11-10-20(24-25)23-22(29)19(12-16-6-2-3-7-16)26-18-9-5-4-8-17(18)13-21(26)28/h4-5,8-11,16,19,27H,1-3,6-7,12-14H2,(H,23,24,29). The van der Waals surface area contributed by atoms with Gasteiger partial charge >= 0.3 is 0 Å². The Bertz CT molecular complexity index is 930. The maximum Gasteiger partial charge on any atom is 0.248 e. The fourth-order valence-corrected chi connectivity index (χ4v) is 4.42. The van der Waals surface area contributed by atoms with Crippen LogP contribution < -0.4 is 10.2 Å². The molecule has 152 valence electrons. The van der Waals surface area contributed by atoms with Gasteiger partial charge in [0.1, 0.15) is 11.8 Å². The van der Waals surface area contributed by atoms with Gasteiger partial charge < -0.3 is 10.4 Å². The minimum Gasteiger partial charge on any atom is -0.511 e. The van der Waals surface area contributed by atoms with Gasteiger partial charge in [-0.15, -0.1) is 0 Å². The summed E-state index contributed by atoms with van der Waals surface area (Å²) in [5.41, 5.74) is 1.80. The molecule has 2 N–H and O–H groups in total. The van der Waals surface area contributed by atoms with Crippen LogP contribution in [0.4, 0.5) is 11.5 Å². The molecule has 1 aromatic carbocycles. The van der Waals surface area contributed by atoms with E-state index < -0.39 is 6.04 Å². The van der Waals surface area contributed by atoms with Crippen molar-refractivity contribution in [2.24, 2.45) is 5.92 Å². The fourth-order valence-electron chi connectivity index (χ4n) is 4.42. The van der Waals surface area contributed by atoms with Crippen LogP contribution in [0, 0.1) is 5.92 Å². The summed E-state index contributed by atoms with van der Waals surface area (Å²) in [5.74, 6) is 0.569. The Labute approximate surface area is 170 Å². The second-order valence-corrected chi connectivity index (χ2v) is 7.93. The lowest BCUT2D eigenvalue weighted by Crippen LogP contribution is -2.47. The molecule has 7 nitrogen and oxygen atoms in total. The van der Waals surface area contributed by atoms with Crippen molar-refractivity contribution in [1.82, 2.24) is 9.78 Å². The van der Waals surface area contributed by atoms with Gasteiger partial charge in [0.2, 0.25) is 11.8 Å². The van der Waals surface area contributed by atoms with Crippen LogP contribution in [0.25, 0.3) is 0 Å². The minimum atomic E-state index is -0.563. The van der Waals surface area contributed by atoms with Crippen molar-refractivity contribution >= 4 is 23.3 Å². The molecule has 0 saturated heterocycles. The van der Waals surface area contributed by atoms with E-state index in [-0.39, 0.29) is 24.1 Å². The van der Waals surface area contributed by atoms with Crippen molar-refractivity contribution in [3.8, 4) is 0 Å². The van der Waals surface area contributed by atoms with E-state index in [1.54, 1.807) is 17.2 Å². The smallest absolute Gasteiger partial charge is 0.248 e. The van der Waals surface area contributed by atoms with Crippen LogP contribution in [0.2, 0.25) is 0 Å². The van der Waals surface area contributed by atoms with Gasteiger partial charge in [0, 0.05) is 18.0 Å². The summed E-state index contributed by atoms with van der Waals surface area (Å²) in [6, 6.07) is 8.79. The van der Waals surface area contributed by atoms with Crippen molar-refractivity contribution in [2.45, 2.75) is 51.1 Å². The molecule has 1 aliphatic heterocycles. The number of allylic oxidation sites excluding steroid dienone is 1. The number of hydrogen-bond acceptors (Lipinski definition) is 4. The van der Waals surface area contributed by atoms with Crippen molar-refractivity contribution in [3.05, 3.63) is 54.4 Å². The molecule has 2 heterocycles. The SMILES string of the molecule is C=C(O)Cn1ccc(NC(=O)C(CC2CCCC2)N2C(=O)Cc3ccccc32)n1. The minimum absolute atomic E-state index is 0.00985. The van der Waals surface area contributed by atoms with E-state index in [0.717, 1.165) is 24.1 Å². The molecule has 0 radical (unpaired) electrons. The van der Waals surface area contributed by atoms with Crippen LogP contribution in [0.1, 0.15) is 37.7 Å². The Hall–Kier alpha value is -3.09. The topological polar surface area (TPSA) is 87.5 Å². The zero-order valence-electron chi connectivity index (χ0n) is 16.4. The van der Waals surface area contributed by atoms with E-state index in [4.69, 9.17) is 0 Å². The van der Waals surface area contributed by atoms with Gasteiger partial charge in [-0.2, -0.15) is 5.10 Å². The van der Waals surface area contributed by atoms with Crippen LogP contribution in [-0.4, -0.2) is 32.7 Å². The van der Waals surface area contributed by atoms with E-state index >= 15 is 0 Å². The third-order valence-electron chi connectivity index (χ3n) is 5.74. The predicted molar refractivity (Wildman–Crippen MR) is 111 cm³/mol. The molecule has 1 saturated carbocycles. The lowest BCUT2D eigenvalue weighted by atomic mass is 9.96. The summed E-state index contributed by atoms with van der Waals surface area (Å²) < 4.78 is 1.50. The van der Waals surface area contributed by atoms with Gasteiger partial charge in [0.25, 0.3) is 0 Å². The van der Waals surface area contributed by atoms with Crippen LogP contribution in [0.15, 0.2) is 48.9 Å². The number of carbonyl (C=O) groups is 2. The maximum atomic E-state index is 13.3. The fraction of sp³-hybridized carbons (Fsp3) is 0.409. The summed E-state index contributed by atoms with van der Waals surface area (Å²) in [6.07, 6.45) is 7.20. The molecule has 2 aliphatic rings. The van der Waals surface area contributed by atoms with E-state index in [1.165, 1.54) is 17.5 Å². The zero-order valence-corrected chi connectivity index (χ0v) is 16.4.